The predicted octanol–water partition coefficient (Wildman–Crippen LogP) is 4.55. The highest BCUT2D eigenvalue weighted by Crippen LogP contribution is 2.29. The Bertz CT molecular complexity index is 356. The van der Waals surface area contributed by atoms with Gasteiger partial charge in [-0.3, -0.25) is 0 Å². The van der Waals surface area contributed by atoms with Gasteiger partial charge in [-0.1, -0.05) is 80.8 Å². The molecule has 0 amide bonds. The summed E-state index contributed by atoms with van der Waals surface area (Å²) in [5, 5.41) is 0. The molecule has 0 unspecified atom stereocenters. The Labute approximate surface area is 181 Å². The van der Waals surface area contributed by atoms with E-state index in [1.54, 1.807) is 0 Å². The Hall–Kier alpha value is 0.491. The van der Waals surface area contributed by atoms with Crippen molar-refractivity contribution in [2.45, 2.75) is 80.8 Å². The lowest BCUT2D eigenvalue weighted by Gasteiger charge is -2.57. The van der Waals surface area contributed by atoms with Gasteiger partial charge in [-0.05, 0) is 39.3 Å². The summed E-state index contributed by atoms with van der Waals surface area (Å²) in [5.41, 5.74) is 0. The maximum Gasteiger partial charge on any atom is 0.123 e. The lowest BCUT2D eigenvalue weighted by molar-refractivity contribution is 0.331. The van der Waals surface area contributed by atoms with E-state index in [9.17, 15) is 0 Å². The topological polar surface area (TPSA) is 13.0 Å². The molecule has 0 aliphatic heterocycles. The third kappa shape index (κ3) is 8.32. The fourth-order valence-corrected chi connectivity index (χ4v) is 31.6. The molecular weight excluding hydrogens is 393 g/mol. The van der Waals surface area contributed by atoms with Gasteiger partial charge >= 0.3 is 0 Å². The van der Waals surface area contributed by atoms with Crippen LogP contribution in [0.1, 0.15) is 41.5 Å². The molecule has 0 N–H and O–H groups in total. The summed E-state index contributed by atoms with van der Waals surface area (Å²) in [6.07, 6.45) is 3.93. The summed E-state index contributed by atoms with van der Waals surface area (Å²) in [7, 11) is -4.69. The number of rotatable bonds is 15. The van der Waals surface area contributed by atoms with Crippen LogP contribution < -0.4 is 0 Å². The van der Waals surface area contributed by atoms with Crippen LogP contribution in [0.5, 0.6) is 0 Å². The van der Waals surface area contributed by atoms with Crippen LogP contribution in [-0.2, 0) is 0 Å². The van der Waals surface area contributed by atoms with Crippen molar-refractivity contribution in [2.24, 2.45) is 0 Å². The lowest BCUT2D eigenvalue weighted by atomic mass is 10.6. The minimum atomic E-state index is -1.56. The molecule has 170 valence electrons. The van der Waals surface area contributed by atoms with E-state index in [4.69, 9.17) is 0 Å². The highest BCUT2D eigenvalue weighted by Gasteiger charge is 2.49. The molecule has 0 aliphatic carbocycles. The van der Waals surface area contributed by atoms with Gasteiger partial charge in [0.05, 0.1) is 0 Å². The van der Waals surface area contributed by atoms with Gasteiger partial charge < -0.3 is 18.6 Å². The molecule has 0 atom stereocenters. The van der Waals surface area contributed by atoms with Gasteiger partial charge in [-0.15, -0.1) is 0 Å². The quantitative estimate of drug-likeness (QED) is 0.342. The SMILES string of the molecule is CCN(CC)C[Si](C)(C)N([Si](C)(C)CN(CC)CC)[Si](C)(C)CN(CC)CC. The molecule has 4 nitrogen and oxygen atoms in total. The molecule has 0 aromatic rings. The second-order valence-corrected chi connectivity index (χ2v) is 24.7. The zero-order valence-corrected chi connectivity index (χ0v) is 24.7. The van der Waals surface area contributed by atoms with Crippen LogP contribution in [0.4, 0.5) is 0 Å². The molecule has 0 saturated carbocycles. The molecule has 0 rings (SSSR count). The molecule has 0 aliphatic rings. The Balaban J connectivity index is 6.06. The zero-order valence-electron chi connectivity index (χ0n) is 21.7. The monoisotopic (exact) mass is 446 g/mol. The minimum Gasteiger partial charge on any atom is -0.366 e. The smallest absolute Gasteiger partial charge is 0.123 e. The van der Waals surface area contributed by atoms with E-state index in [0.29, 0.717) is 0 Å². The lowest BCUT2D eigenvalue weighted by Crippen LogP contribution is -2.78. The van der Waals surface area contributed by atoms with Crippen molar-refractivity contribution in [2.75, 3.05) is 57.8 Å². The summed E-state index contributed by atoms with van der Waals surface area (Å²) in [5.74, 6) is 0. The Morgan fingerprint density at radius 1 is 0.393 bits per heavy atom. The summed E-state index contributed by atoms with van der Waals surface area (Å²) in [6, 6.07) is 0. The van der Waals surface area contributed by atoms with Crippen molar-refractivity contribution in [3.8, 4) is 0 Å². The highest BCUT2D eigenvalue weighted by atomic mass is 28.5. The molecule has 28 heavy (non-hydrogen) atoms. The molecule has 0 bridgehead atoms. The summed E-state index contributed by atoms with van der Waals surface area (Å²) in [4.78, 5) is 8.05. The molecular formula is C21H54N4Si3. The number of hydrogen-bond donors (Lipinski definition) is 0. The van der Waals surface area contributed by atoms with Gasteiger partial charge in [0.2, 0.25) is 0 Å². The Kier molecular flexibility index (Phi) is 12.6. The highest BCUT2D eigenvalue weighted by molar-refractivity contribution is 7.04. The van der Waals surface area contributed by atoms with Crippen LogP contribution in [0.25, 0.3) is 0 Å². The first-order valence-corrected chi connectivity index (χ1v) is 21.3. The van der Waals surface area contributed by atoms with Crippen molar-refractivity contribution < 1.29 is 0 Å². The van der Waals surface area contributed by atoms with Gasteiger partial charge in [0.15, 0.2) is 0 Å². The van der Waals surface area contributed by atoms with Crippen molar-refractivity contribution in [3.05, 3.63) is 0 Å². The van der Waals surface area contributed by atoms with Crippen LogP contribution in [0.3, 0.4) is 0 Å². The summed E-state index contributed by atoms with van der Waals surface area (Å²) < 4.78 is 3.27. The van der Waals surface area contributed by atoms with Gasteiger partial charge in [0.1, 0.15) is 24.7 Å². The second kappa shape index (κ2) is 12.4. The van der Waals surface area contributed by atoms with E-state index in [0.717, 1.165) is 0 Å². The fraction of sp³-hybridized carbons (Fsp3) is 1.00. The van der Waals surface area contributed by atoms with Gasteiger partial charge in [-0.2, -0.15) is 0 Å². The molecule has 0 spiro atoms. The Morgan fingerprint density at radius 2 is 0.571 bits per heavy atom. The molecule has 0 saturated heterocycles. The third-order valence-corrected chi connectivity index (χ3v) is 24.5. The van der Waals surface area contributed by atoms with Crippen LogP contribution in [0.2, 0.25) is 39.3 Å². The summed E-state index contributed by atoms with van der Waals surface area (Å²) >= 11 is 0. The van der Waals surface area contributed by atoms with Crippen molar-refractivity contribution in [1.29, 1.82) is 0 Å². The zero-order chi connectivity index (χ0) is 22.2. The van der Waals surface area contributed by atoms with E-state index in [1.807, 2.05) is 0 Å². The van der Waals surface area contributed by atoms with Crippen molar-refractivity contribution in [3.63, 3.8) is 0 Å². The van der Waals surface area contributed by atoms with Crippen LogP contribution in [0, 0.1) is 0 Å². The summed E-state index contributed by atoms with van der Waals surface area (Å²) in [6.45, 7) is 37.0. The molecule has 7 heteroatoms. The number of hydrogen-bond acceptors (Lipinski definition) is 4. The molecule has 0 radical (unpaired) electrons. The van der Waals surface area contributed by atoms with Crippen LogP contribution in [0.15, 0.2) is 0 Å². The largest absolute Gasteiger partial charge is 0.366 e. The molecule has 0 fully saturated rings. The fourth-order valence-electron chi connectivity index (χ4n) is 5.65. The Morgan fingerprint density at radius 3 is 0.714 bits per heavy atom. The standard InChI is InChI=1S/C21H54N4Si3/c1-13-22(14-2)19-26(7,8)25(27(9,10)20-23(15-3)16-4)28(11,12)21-24(17-5)18-6/h13-21H2,1-12H3. The van der Waals surface area contributed by atoms with E-state index >= 15 is 0 Å². The van der Waals surface area contributed by atoms with Gasteiger partial charge in [0.25, 0.3) is 0 Å². The average Bonchev–Trinajstić information content (AvgIpc) is 2.61. The van der Waals surface area contributed by atoms with E-state index in [1.165, 1.54) is 57.8 Å². The second-order valence-electron chi connectivity index (χ2n) is 10.2. The van der Waals surface area contributed by atoms with Crippen LogP contribution in [-0.4, -0.2) is 101 Å². The molecule has 0 aromatic heterocycles. The molecule has 0 aromatic carbocycles. The maximum atomic E-state index is 3.27. The average molecular weight is 447 g/mol. The van der Waals surface area contributed by atoms with E-state index < -0.39 is 24.7 Å². The first-order chi connectivity index (χ1) is 12.8. The first-order valence-electron chi connectivity index (χ1n) is 11.8. The van der Waals surface area contributed by atoms with Crippen molar-refractivity contribution >= 4 is 24.7 Å². The maximum absolute atomic E-state index is 3.27. The minimum absolute atomic E-state index is 1.18. The number of nitrogens with zero attached hydrogens (tertiary/aromatic N) is 4. The van der Waals surface area contributed by atoms with Crippen LogP contribution >= 0.6 is 0 Å². The predicted molar refractivity (Wildman–Crippen MR) is 138 cm³/mol. The van der Waals surface area contributed by atoms with Crippen molar-refractivity contribution in [1.82, 2.24) is 18.6 Å². The normalized spacial score (nSPS) is 14.1. The van der Waals surface area contributed by atoms with Gasteiger partial charge in [-0.25, -0.2) is 0 Å². The first kappa shape index (κ1) is 28.5. The van der Waals surface area contributed by atoms with Gasteiger partial charge in [0, 0.05) is 18.5 Å². The molecule has 0 heterocycles. The van der Waals surface area contributed by atoms with E-state index in [-0.39, 0.29) is 0 Å². The third-order valence-electron chi connectivity index (χ3n) is 6.33. The van der Waals surface area contributed by atoms with E-state index in [2.05, 4.69) is 99.4 Å².